The smallest absolute Gasteiger partial charge is 0.309 e. The third-order valence-corrected chi connectivity index (χ3v) is 4.24. The van der Waals surface area contributed by atoms with Gasteiger partial charge >= 0.3 is 5.97 Å². The molecule has 0 unspecified atom stereocenters. The summed E-state index contributed by atoms with van der Waals surface area (Å²) in [5.41, 5.74) is -0.687. The second kappa shape index (κ2) is 5.40. The number of likely N-dealkylation sites (tertiary alicyclic amines) is 1. The average molecular weight is 300 g/mol. The fraction of sp³-hybridized carbons (Fsp3) is 0.429. The molecule has 1 aromatic carbocycles. The molecule has 20 heavy (non-hydrogen) atoms. The van der Waals surface area contributed by atoms with Crippen LogP contribution in [-0.4, -0.2) is 35.0 Å². The van der Waals surface area contributed by atoms with Crippen molar-refractivity contribution < 1.29 is 19.1 Å². The summed E-state index contributed by atoms with van der Waals surface area (Å²) in [5, 5.41) is 8.96. The summed E-state index contributed by atoms with van der Waals surface area (Å²) < 4.78 is 13.4. The van der Waals surface area contributed by atoms with E-state index in [0.717, 1.165) is 0 Å². The van der Waals surface area contributed by atoms with Crippen LogP contribution in [0.1, 0.15) is 30.1 Å². The lowest BCUT2D eigenvalue weighted by molar-refractivity contribution is -0.150. The number of piperidine rings is 1. The molecule has 1 amide bonds. The van der Waals surface area contributed by atoms with Crippen molar-refractivity contribution in [3.05, 3.63) is 34.6 Å². The van der Waals surface area contributed by atoms with E-state index >= 15 is 0 Å². The predicted molar refractivity (Wildman–Crippen MR) is 72.3 cm³/mol. The molecule has 1 fully saturated rings. The number of nitrogens with zero attached hydrogens (tertiary/aromatic N) is 1. The maximum absolute atomic E-state index is 13.4. The molecule has 1 aromatic rings. The zero-order chi connectivity index (χ0) is 14.9. The van der Waals surface area contributed by atoms with E-state index in [1.54, 1.807) is 6.92 Å². The number of rotatable bonds is 2. The quantitative estimate of drug-likeness (QED) is 0.913. The molecular weight excluding hydrogens is 285 g/mol. The van der Waals surface area contributed by atoms with Gasteiger partial charge in [0.15, 0.2) is 0 Å². The van der Waals surface area contributed by atoms with Gasteiger partial charge in [0, 0.05) is 13.1 Å². The third kappa shape index (κ3) is 2.63. The predicted octanol–water partition coefficient (Wildman–Crippen LogP) is 2.81. The van der Waals surface area contributed by atoms with Crippen LogP contribution < -0.4 is 0 Å². The Morgan fingerprint density at radius 1 is 1.35 bits per heavy atom. The second-order valence-corrected chi connectivity index (χ2v) is 5.64. The molecule has 1 saturated heterocycles. The zero-order valence-corrected chi connectivity index (χ0v) is 11.8. The van der Waals surface area contributed by atoms with E-state index in [2.05, 4.69) is 0 Å². The summed E-state index contributed by atoms with van der Waals surface area (Å²) in [5.74, 6) is -1.85. The highest BCUT2D eigenvalue weighted by Gasteiger charge is 2.38. The van der Waals surface area contributed by atoms with Gasteiger partial charge in [0.25, 0.3) is 5.91 Å². The van der Waals surface area contributed by atoms with Crippen LogP contribution in [-0.2, 0) is 4.79 Å². The molecule has 108 valence electrons. The van der Waals surface area contributed by atoms with Crippen molar-refractivity contribution in [2.45, 2.75) is 19.8 Å². The van der Waals surface area contributed by atoms with Crippen molar-refractivity contribution in [3.63, 3.8) is 0 Å². The maximum Gasteiger partial charge on any atom is 0.309 e. The SMILES string of the molecule is CC1(C(=O)O)CCN(C(=O)c2cccc(F)c2Cl)CC1. The van der Waals surface area contributed by atoms with Crippen molar-refractivity contribution in [2.75, 3.05) is 13.1 Å². The third-order valence-electron chi connectivity index (χ3n) is 3.85. The number of carboxylic acids is 1. The Morgan fingerprint density at radius 2 is 1.95 bits per heavy atom. The van der Waals surface area contributed by atoms with Crippen molar-refractivity contribution in [3.8, 4) is 0 Å². The van der Waals surface area contributed by atoms with Crippen LogP contribution in [0.15, 0.2) is 18.2 Å². The maximum atomic E-state index is 13.4. The minimum atomic E-state index is -0.853. The van der Waals surface area contributed by atoms with Crippen LogP contribution in [0, 0.1) is 11.2 Å². The highest BCUT2D eigenvalue weighted by Crippen LogP contribution is 2.32. The first kappa shape index (κ1) is 14.8. The standard InChI is InChI=1S/C14H15ClFNO3/c1-14(13(19)20)5-7-17(8-6-14)12(18)9-3-2-4-10(16)11(9)15/h2-4H,5-8H2,1H3,(H,19,20). The number of carbonyl (C=O) groups excluding carboxylic acids is 1. The minimum Gasteiger partial charge on any atom is -0.481 e. The Balaban J connectivity index is 2.13. The summed E-state index contributed by atoms with van der Waals surface area (Å²) in [7, 11) is 0. The van der Waals surface area contributed by atoms with Gasteiger partial charge in [0.05, 0.1) is 16.0 Å². The molecule has 0 aromatic heterocycles. The molecule has 0 aliphatic carbocycles. The second-order valence-electron chi connectivity index (χ2n) is 5.26. The molecule has 0 saturated carbocycles. The highest BCUT2D eigenvalue weighted by molar-refractivity contribution is 6.34. The van der Waals surface area contributed by atoms with Crippen LogP contribution in [0.25, 0.3) is 0 Å². The molecule has 0 atom stereocenters. The van der Waals surface area contributed by atoms with E-state index in [1.165, 1.54) is 23.1 Å². The van der Waals surface area contributed by atoms with Gasteiger partial charge in [-0.05, 0) is 31.9 Å². The molecule has 1 aliphatic heterocycles. The van der Waals surface area contributed by atoms with Crippen molar-refractivity contribution in [1.82, 2.24) is 4.90 Å². The number of benzene rings is 1. The molecule has 0 spiro atoms. The van der Waals surface area contributed by atoms with E-state index in [1.807, 2.05) is 0 Å². The number of aliphatic carboxylic acids is 1. The fourth-order valence-electron chi connectivity index (χ4n) is 2.26. The normalized spacial score (nSPS) is 17.9. The number of carbonyl (C=O) groups is 2. The van der Waals surface area contributed by atoms with Crippen LogP contribution in [0.5, 0.6) is 0 Å². The van der Waals surface area contributed by atoms with Gasteiger partial charge in [-0.15, -0.1) is 0 Å². The molecule has 1 aliphatic rings. The molecule has 0 radical (unpaired) electrons. The Bertz CT molecular complexity index is 553. The largest absolute Gasteiger partial charge is 0.481 e. The van der Waals surface area contributed by atoms with Gasteiger partial charge < -0.3 is 10.0 Å². The van der Waals surface area contributed by atoms with Crippen molar-refractivity contribution in [1.29, 1.82) is 0 Å². The van der Waals surface area contributed by atoms with E-state index in [4.69, 9.17) is 16.7 Å². The Labute approximate surface area is 121 Å². The average Bonchev–Trinajstić information content (AvgIpc) is 2.42. The topological polar surface area (TPSA) is 57.6 Å². The van der Waals surface area contributed by atoms with Crippen molar-refractivity contribution >= 4 is 23.5 Å². The fourth-order valence-corrected chi connectivity index (χ4v) is 2.46. The van der Waals surface area contributed by atoms with Crippen LogP contribution >= 0.6 is 11.6 Å². The molecule has 2 rings (SSSR count). The Morgan fingerprint density at radius 3 is 2.50 bits per heavy atom. The first-order chi connectivity index (χ1) is 9.35. The van der Waals surface area contributed by atoms with Gasteiger partial charge in [-0.1, -0.05) is 17.7 Å². The van der Waals surface area contributed by atoms with Crippen molar-refractivity contribution in [2.24, 2.45) is 5.41 Å². The van der Waals surface area contributed by atoms with Crippen LogP contribution in [0.3, 0.4) is 0 Å². The summed E-state index contributed by atoms with van der Waals surface area (Å²) >= 11 is 5.80. The van der Waals surface area contributed by atoms with Gasteiger partial charge in [-0.2, -0.15) is 0 Å². The zero-order valence-electron chi connectivity index (χ0n) is 11.0. The van der Waals surface area contributed by atoms with Gasteiger partial charge in [0.2, 0.25) is 0 Å². The summed E-state index contributed by atoms with van der Waals surface area (Å²) in [6, 6.07) is 4.09. The van der Waals surface area contributed by atoms with E-state index in [9.17, 15) is 14.0 Å². The van der Waals surface area contributed by atoms with Crippen LogP contribution in [0.4, 0.5) is 4.39 Å². The first-order valence-corrected chi connectivity index (χ1v) is 6.69. The van der Waals surface area contributed by atoms with Gasteiger partial charge in [-0.25, -0.2) is 4.39 Å². The molecule has 6 heteroatoms. The molecular formula is C14H15ClFNO3. The number of hydrogen-bond acceptors (Lipinski definition) is 2. The Hall–Kier alpha value is -1.62. The Kier molecular flexibility index (Phi) is 3.99. The minimum absolute atomic E-state index is 0.116. The van der Waals surface area contributed by atoms with E-state index in [-0.39, 0.29) is 16.5 Å². The van der Waals surface area contributed by atoms with Gasteiger partial charge in [0.1, 0.15) is 5.82 Å². The molecule has 0 bridgehead atoms. The summed E-state index contributed by atoms with van der Waals surface area (Å²) in [4.78, 5) is 24.9. The summed E-state index contributed by atoms with van der Waals surface area (Å²) in [6.07, 6.45) is 0.752. The van der Waals surface area contributed by atoms with E-state index < -0.39 is 17.2 Å². The van der Waals surface area contributed by atoms with Crippen LogP contribution in [0.2, 0.25) is 5.02 Å². The van der Waals surface area contributed by atoms with E-state index in [0.29, 0.717) is 25.9 Å². The lowest BCUT2D eigenvalue weighted by Crippen LogP contribution is -2.45. The monoisotopic (exact) mass is 299 g/mol. The number of carboxylic acid groups (broad SMARTS) is 1. The lowest BCUT2D eigenvalue weighted by atomic mass is 9.80. The van der Waals surface area contributed by atoms with Gasteiger partial charge in [-0.3, -0.25) is 9.59 Å². The summed E-state index contributed by atoms with van der Waals surface area (Å²) in [6.45, 7) is 2.33. The number of hydrogen-bond donors (Lipinski definition) is 1. The molecule has 4 nitrogen and oxygen atoms in total. The number of amides is 1. The molecule has 1 N–H and O–H groups in total. The highest BCUT2D eigenvalue weighted by atomic mass is 35.5. The first-order valence-electron chi connectivity index (χ1n) is 6.32. The number of halogens is 2. The molecule has 1 heterocycles. The lowest BCUT2D eigenvalue weighted by Gasteiger charge is -2.36.